The largest absolute Gasteiger partial charge is 0.284 e. The van der Waals surface area contributed by atoms with Gasteiger partial charge in [-0.15, -0.1) is 0 Å². The fourth-order valence-electron chi connectivity index (χ4n) is 2.89. The molecule has 1 saturated heterocycles. The molecular formula is C15H21N5S. The molecule has 1 aliphatic rings. The average molecular weight is 303 g/mol. The summed E-state index contributed by atoms with van der Waals surface area (Å²) in [4.78, 5) is 2.39. The molecule has 0 spiro atoms. The van der Waals surface area contributed by atoms with Crippen molar-refractivity contribution >= 4 is 12.2 Å². The Morgan fingerprint density at radius 3 is 2.33 bits per heavy atom. The van der Waals surface area contributed by atoms with Gasteiger partial charge in [-0.3, -0.25) is 4.90 Å². The van der Waals surface area contributed by atoms with Gasteiger partial charge in [0.1, 0.15) is 0 Å². The van der Waals surface area contributed by atoms with Crippen molar-refractivity contribution in [3.63, 3.8) is 0 Å². The SMILES string of the molecule is Cc1cc(C)cc(-n2nnn(CN3CCCCC3)c2=S)c1. The second-order valence-corrected chi connectivity index (χ2v) is 6.20. The van der Waals surface area contributed by atoms with Crippen molar-refractivity contribution in [3.8, 4) is 5.69 Å². The molecule has 0 saturated carbocycles. The molecule has 1 fully saturated rings. The lowest BCUT2D eigenvalue weighted by Gasteiger charge is -2.25. The number of piperidine rings is 1. The van der Waals surface area contributed by atoms with Crippen LogP contribution in [0.3, 0.4) is 0 Å². The molecule has 0 unspecified atom stereocenters. The maximum Gasteiger partial charge on any atom is 0.221 e. The van der Waals surface area contributed by atoms with Crippen LogP contribution in [0.2, 0.25) is 0 Å². The average Bonchev–Trinajstić information content (AvgIpc) is 2.80. The molecule has 112 valence electrons. The van der Waals surface area contributed by atoms with Crippen LogP contribution in [0.1, 0.15) is 30.4 Å². The summed E-state index contributed by atoms with van der Waals surface area (Å²) in [5.41, 5.74) is 3.40. The fourth-order valence-corrected chi connectivity index (χ4v) is 3.12. The number of likely N-dealkylation sites (tertiary alicyclic amines) is 1. The number of nitrogens with zero attached hydrogens (tertiary/aromatic N) is 5. The summed E-state index contributed by atoms with van der Waals surface area (Å²) in [5.74, 6) is 0. The highest BCUT2D eigenvalue weighted by molar-refractivity contribution is 7.71. The van der Waals surface area contributed by atoms with Crippen LogP contribution in [-0.2, 0) is 6.67 Å². The predicted octanol–water partition coefficient (Wildman–Crippen LogP) is 2.86. The number of aryl methyl sites for hydroxylation is 2. The summed E-state index contributed by atoms with van der Waals surface area (Å²) in [6, 6.07) is 6.32. The Morgan fingerprint density at radius 1 is 1.00 bits per heavy atom. The van der Waals surface area contributed by atoms with Gasteiger partial charge in [0.25, 0.3) is 0 Å². The molecule has 1 aromatic heterocycles. The Morgan fingerprint density at radius 2 is 1.67 bits per heavy atom. The van der Waals surface area contributed by atoms with Crippen LogP contribution >= 0.6 is 12.2 Å². The Hall–Kier alpha value is -1.53. The van der Waals surface area contributed by atoms with E-state index in [2.05, 4.69) is 47.4 Å². The molecule has 2 aromatic rings. The number of hydrogen-bond acceptors (Lipinski definition) is 4. The molecular weight excluding hydrogens is 282 g/mol. The van der Waals surface area contributed by atoms with Crippen LogP contribution in [-0.4, -0.2) is 37.8 Å². The molecule has 0 amide bonds. The van der Waals surface area contributed by atoms with Crippen LogP contribution in [0, 0.1) is 18.6 Å². The highest BCUT2D eigenvalue weighted by Crippen LogP contribution is 2.14. The van der Waals surface area contributed by atoms with E-state index in [1.165, 1.54) is 30.4 Å². The van der Waals surface area contributed by atoms with E-state index < -0.39 is 0 Å². The second kappa shape index (κ2) is 6.07. The van der Waals surface area contributed by atoms with Gasteiger partial charge in [0.05, 0.1) is 12.4 Å². The maximum atomic E-state index is 5.54. The molecule has 0 atom stereocenters. The van der Waals surface area contributed by atoms with Gasteiger partial charge in [0, 0.05) is 0 Å². The van der Waals surface area contributed by atoms with E-state index in [9.17, 15) is 0 Å². The zero-order valence-corrected chi connectivity index (χ0v) is 13.4. The molecule has 1 aliphatic heterocycles. The molecule has 0 aliphatic carbocycles. The van der Waals surface area contributed by atoms with Gasteiger partial charge in [-0.1, -0.05) is 12.5 Å². The Labute approximate surface area is 130 Å². The zero-order chi connectivity index (χ0) is 14.8. The van der Waals surface area contributed by atoms with E-state index in [-0.39, 0.29) is 0 Å². The molecule has 5 nitrogen and oxygen atoms in total. The Kier molecular flexibility index (Phi) is 4.17. The first-order chi connectivity index (χ1) is 10.1. The van der Waals surface area contributed by atoms with Crippen LogP contribution in [0.5, 0.6) is 0 Å². The van der Waals surface area contributed by atoms with Gasteiger partial charge >= 0.3 is 0 Å². The van der Waals surface area contributed by atoms with Crippen molar-refractivity contribution in [1.82, 2.24) is 24.7 Å². The van der Waals surface area contributed by atoms with Crippen LogP contribution in [0.25, 0.3) is 5.69 Å². The van der Waals surface area contributed by atoms with E-state index in [0.29, 0.717) is 4.77 Å². The molecule has 3 rings (SSSR count). The standard InChI is InChI=1S/C15H21N5S/c1-12-8-13(2)10-14(9-12)20-15(21)19(16-17-20)11-18-6-4-3-5-7-18/h8-10H,3-7,11H2,1-2H3. The highest BCUT2D eigenvalue weighted by atomic mass is 32.1. The molecule has 1 aromatic carbocycles. The van der Waals surface area contributed by atoms with Crippen LogP contribution in [0.4, 0.5) is 0 Å². The van der Waals surface area contributed by atoms with E-state index >= 15 is 0 Å². The molecule has 0 bridgehead atoms. The topological polar surface area (TPSA) is 38.9 Å². The smallest absolute Gasteiger partial charge is 0.221 e. The van der Waals surface area contributed by atoms with Crippen LogP contribution < -0.4 is 0 Å². The zero-order valence-electron chi connectivity index (χ0n) is 12.6. The van der Waals surface area contributed by atoms with Gasteiger partial charge in [-0.25, -0.2) is 4.68 Å². The van der Waals surface area contributed by atoms with Gasteiger partial charge < -0.3 is 0 Å². The number of benzene rings is 1. The van der Waals surface area contributed by atoms with Crippen molar-refractivity contribution in [2.75, 3.05) is 13.1 Å². The lowest BCUT2D eigenvalue weighted by molar-refractivity contribution is 0.171. The van der Waals surface area contributed by atoms with Crippen molar-refractivity contribution in [1.29, 1.82) is 0 Å². The molecule has 2 heterocycles. The summed E-state index contributed by atoms with van der Waals surface area (Å²) >= 11 is 5.54. The molecule has 0 radical (unpaired) electrons. The first-order valence-electron chi connectivity index (χ1n) is 7.47. The molecule has 21 heavy (non-hydrogen) atoms. The minimum absolute atomic E-state index is 0.658. The van der Waals surface area contributed by atoms with Gasteiger partial charge in [-0.2, -0.15) is 4.68 Å². The lowest BCUT2D eigenvalue weighted by Crippen LogP contribution is -2.32. The fraction of sp³-hybridized carbons (Fsp3) is 0.533. The molecule has 6 heteroatoms. The van der Waals surface area contributed by atoms with E-state index in [1.54, 1.807) is 4.68 Å². The highest BCUT2D eigenvalue weighted by Gasteiger charge is 2.13. The van der Waals surface area contributed by atoms with Crippen molar-refractivity contribution in [2.24, 2.45) is 0 Å². The monoisotopic (exact) mass is 303 g/mol. The third-order valence-corrected chi connectivity index (χ3v) is 4.26. The maximum absolute atomic E-state index is 5.54. The van der Waals surface area contributed by atoms with Gasteiger partial charge in [0.2, 0.25) is 4.77 Å². The minimum Gasteiger partial charge on any atom is -0.284 e. The quantitative estimate of drug-likeness (QED) is 0.817. The van der Waals surface area contributed by atoms with E-state index in [1.807, 2.05) is 4.68 Å². The Balaban J connectivity index is 1.86. The third kappa shape index (κ3) is 3.22. The van der Waals surface area contributed by atoms with E-state index in [4.69, 9.17) is 12.2 Å². The summed E-state index contributed by atoms with van der Waals surface area (Å²) < 4.78 is 4.23. The third-order valence-electron chi connectivity index (χ3n) is 3.87. The summed E-state index contributed by atoms with van der Waals surface area (Å²) in [6.45, 7) is 7.15. The normalized spacial score (nSPS) is 16.3. The first kappa shape index (κ1) is 14.4. The van der Waals surface area contributed by atoms with E-state index in [0.717, 1.165) is 25.4 Å². The second-order valence-electron chi connectivity index (χ2n) is 5.84. The van der Waals surface area contributed by atoms with Crippen LogP contribution in [0.15, 0.2) is 18.2 Å². The number of hydrogen-bond donors (Lipinski definition) is 0. The summed E-state index contributed by atoms with van der Waals surface area (Å²) in [5, 5.41) is 8.46. The lowest BCUT2D eigenvalue weighted by atomic mass is 10.1. The minimum atomic E-state index is 0.658. The van der Waals surface area contributed by atoms with Crippen molar-refractivity contribution in [2.45, 2.75) is 39.8 Å². The Bertz CT molecular complexity index is 661. The summed E-state index contributed by atoms with van der Waals surface area (Å²) in [6.07, 6.45) is 3.86. The predicted molar refractivity (Wildman–Crippen MR) is 85.1 cm³/mol. The van der Waals surface area contributed by atoms with Crippen molar-refractivity contribution < 1.29 is 0 Å². The number of aromatic nitrogens is 4. The molecule has 0 N–H and O–H groups in total. The number of rotatable bonds is 3. The summed E-state index contributed by atoms with van der Waals surface area (Å²) in [7, 11) is 0. The first-order valence-corrected chi connectivity index (χ1v) is 7.88. The van der Waals surface area contributed by atoms with Gasteiger partial charge in [-0.05, 0) is 85.7 Å². The number of tetrazole rings is 1. The van der Waals surface area contributed by atoms with Gasteiger partial charge in [0.15, 0.2) is 0 Å². The van der Waals surface area contributed by atoms with Crippen molar-refractivity contribution in [3.05, 3.63) is 34.1 Å².